The Balaban J connectivity index is 2.12. The number of para-hydroxylation sites is 1. The van der Waals surface area contributed by atoms with E-state index in [-0.39, 0.29) is 5.75 Å². The van der Waals surface area contributed by atoms with Gasteiger partial charge in [-0.15, -0.1) is 0 Å². The topological polar surface area (TPSA) is 41.5 Å². The number of anilines is 1. The van der Waals surface area contributed by atoms with E-state index in [1.165, 1.54) is 7.11 Å². The lowest BCUT2D eigenvalue weighted by atomic mass is 10.2. The summed E-state index contributed by atoms with van der Waals surface area (Å²) in [6.45, 7) is 0.497. The monoisotopic (exact) mass is 341 g/mol. The van der Waals surface area contributed by atoms with Gasteiger partial charge in [0.15, 0.2) is 11.5 Å². The van der Waals surface area contributed by atoms with Gasteiger partial charge in [0.2, 0.25) is 0 Å². The Morgan fingerprint density at radius 3 is 2.79 bits per heavy atom. The van der Waals surface area contributed by atoms with E-state index in [1.807, 2.05) is 24.3 Å². The number of phenolic OH excluding ortho intramolecular Hbond substituents is 1. The van der Waals surface area contributed by atoms with Crippen molar-refractivity contribution in [3.63, 3.8) is 0 Å². The molecule has 5 heteroatoms. The smallest absolute Gasteiger partial charge is 0.162 e. The van der Waals surface area contributed by atoms with Crippen molar-refractivity contribution in [3.8, 4) is 11.5 Å². The van der Waals surface area contributed by atoms with Crippen LogP contribution in [-0.4, -0.2) is 12.2 Å². The zero-order valence-electron chi connectivity index (χ0n) is 10.3. The molecule has 0 atom stereocenters. The van der Waals surface area contributed by atoms with Gasteiger partial charge in [0.1, 0.15) is 0 Å². The average molecular weight is 343 g/mol. The minimum Gasteiger partial charge on any atom is -0.504 e. The number of rotatable bonds is 4. The Morgan fingerprint density at radius 2 is 2.11 bits per heavy atom. The van der Waals surface area contributed by atoms with E-state index in [0.717, 1.165) is 15.7 Å². The highest BCUT2D eigenvalue weighted by molar-refractivity contribution is 9.10. The summed E-state index contributed by atoms with van der Waals surface area (Å²) in [6.07, 6.45) is 0. The fourth-order valence-electron chi connectivity index (χ4n) is 1.68. The third-order valence-corrected chi connectivity index (χ3v) is 3.92. The molecule has 0 unspecified atom stereocenters. The van der Waals surface area contributed by atoms with E-state index >= 15 is 0 Å². The van der Waals surface area contributed by atoms with Crippen molar-refractivity contribution in [1.82, 2.24) is 0 Å². The third kappa shape index (κ3) is 3.33. The summed E-state index contributed by atoms with van der Waals surface area (Å²) in [5.41, 5.74) is 1.68. The van der Waals surface area contributed by atoms with Crippen molar-refractivity contribution in [2.24, 2.45) is 0 Å². The van der Waals surface area contributed by atoms with E-state index in [0.29, 0.717) is 17.3 Å². The van der Waals surface area contributed by atoms with Crippen molar-refractivity contribution in [1.29, 1.82) is 0 Å². The first-order valence-electron chi connectivity index (χ1n) is 5.65. The third-order valence-electron chi connectivity index (χ3n) is 2.71. The van der Waals surface area contributed by atoms with Gasteiger partial charge >= 0.3 is 0 Å². The lowest BCUT2D eigenvalue weighted by Gasteiger charge is -2.11. The Kier molecular flexibility index (Phi) is 4.56. The second-order valence-electron chi connectivity index (χ2n) is 3.95. The van der Waals surface area contributed by atoms with Crippen LogP contribution in [0.2, 0.25) is 5.02 Å². The summed E-state index contributed by atoms with van der Waals surface area (Å²) in [7, 11) is 1.53. The lowest BCUT2D eigenvalue weighted by Crippen LogP contribution is -2.00. The SMILES string of the molecule is COc1cccc(CNc2ccc(Cl)c(Br)c2)c1O. The summed E-state index contributed by atoms with van der Waals surface area (Å²) < 4.78 is 5.90. The van der Waals surface area contributed by atoms with Crippen LogP contribution in [0.25, 0.3) is 0 Å². The number of nitrogens with one attached hydrogen (secondary N) is 1. The van der Waals surface area contributed by atoms with Crippen molar-refractivity contribution in [2.75, 3.05) is 12.4 Å². The van der Waals surface area contributed by atoms with Crippen LogP contribution < -0.4 is 10.1 Å². The Labute approximate surface area is 125 Å². The van der Waals surface area contributed by atoms with Crippen molar-refractivity contribution in [3.05, 3.63) is 51.5 Å². The first-order chi connectivity index (χ1) is 9.11. The van der Waals surface area contributed by atoms with Gasteiger partial charge in [-0.3, -0.25) is 0 Å². The molecular formula is C14H13BrClNO2. The minimum absolute atomic E-state index is 0.158. The standard InChI is InChI=1S/C14H13BrClNO2/c1-19-13-4-2-3-9(14(13)18)8-17-10-5-6-12(16)11(15)7-10/h2-7,17-18H,8H2,1H3. The van der Waals surface area contributed by atoms with Crippen LogP contribution in [-0.2, 0) is 6.54 Å². The molecule has 0 aliphatic rings. The Bertz CT molecular complexity index is 590. The molecule has 0 fully saturated rings. The number of halogens is 2. The second kappa shape index (κ2) is 6.17. The molecule has 2 aromatic rings. The predicted octanol–water partition coefficient (Wildman–Crippen LogP) is 4.43. The molecule has 0 aromatic heterocycles. The van der Waals surface area contributed by atoms with E-state index in [9.17, 15) is 5.11 Å². The molecule has 2 rings (SSSR count). The van der Waals surface area contributed by atoms with E-state index in [1.54, 1.807) is 12.1 Å². The summed E-state index contributed by atoms with van der Waals surface area (Å²) in [6, 6.07) is 11.0. The van der Waals surface area contributed by atoms with Gasteiger partial charge in [-0.25, -0.2) is 0 Å². The van der Waals surface area contributed by atoms with Crippen molar-refractivity contribution >= 4 is 33.2 Å². The highest BCUT2D eigenvalue weighted by atomic mass is 79.9. The van der Waals surface area contributed by atoms with Gasteiger partial charge in [0.25, 0.3) is 0 Å². The van der Waals surface area contributed by atoms with Crippen LogP contribution in [0.4, 0.5) is 5.69 Å². The van der Waals surface area contributed by atoms with Gasteiger partial charge in [-0.2, -0.15) is 0 Å². The van der Waals surface area contributed by atoms with Gasteiger partial charge in [-0.1, -0.05) is 23.7 Å². The van der Waals surface area contributed by atoms with Crippen LogP contribution in [0, 0.1) is 0 Å². The van der Waals surface area contributed by atoms with Crippen LogP contribution in [0.5, 0.6) is 11.5 Å². The summed E-state index contributed by atoms with van der Waals surface area (Å²) in [5, 5.41) is 13.8. The maximum Gasteiger partial charge on any atom is 0.162 e. The molecule has 0 radical (unpaired) electrons. The average Bonchev–Trinajstić information content (AvgIpc) is 2.41. The van der Waals surface area contributed by atoms with Gasteiger partial charge in [0, 0.05) is 22.3 Å². The predicted molar refractivity (Wildman–Crippen MR) is 81.1 cm³/mol. The molecule has 100 valence electrons. The molecule has 0 aliphatic heterocycles. The van der Waals surface area contributed by atoms with Gasteiger partial charge in [0.05, 0.1) is 12.1 Å². The Hall–Kier alpha value is -1.39. The maximum absolute atomic E-state index is 9.97. The first kappa shape index (κ1) is 14.0. The maximum atomic E-state index is 9.97. The van der Waals surface area contributed by atoms with E-state index < -0.39 is 0 Å². The molecule has 0 aliphatic carbocycles. The zero-order chi connectivity index (χ0) is 13.8. The highest BCUT2D eigenvalue weighted by Crippen LogP contribution is 2.30. The molecular weight excluding hydrogens is 330 g/mol. The molecule has 0 bridgehead atoms. The quantitative estimate of drug-likeness (QED) is 0.863. The number of hydrogen-bond acceptors (Lipinski definition) is 3. The van der Waals surface area contributed by atoms with Crippen molar-refractivity contribution in [2.45, 2.75) is 6.54 Å². The molecule has 0 heterocycles. The fraction of sp³-hybridized carbons (Fsp3) is 0.143. The van der Waals surface area contributed by atoms with Crippen LogP contribution in [0.15, 0.2) is 40.9 Å². The number of methoxy groups -OCH3 is 1. The first-order valence-corrected chi connectivity index (χ1v) is 6.82. The molecule has 0 saturated heterocycles. The molecule has 0 spiro atoms. The highest BCUT2D eigenvalue weighted by Gasteiger charge is 2.07. The number of phenols is 1. The summed E-state index contributed by atoms with van der Waals surface area (Å²) in [5.74, 6) is 0.627. The van der Waals surface area contributed by atoms with Crippen LogP contribution in [0.1, 0.15) is 5.56 Å². The largest absolute Gasteiger partial charge is 0.504 e. The molecule has 2 N–H and O–H groups in total. The summed E-state index contributed by atoms with van der Waals surface area (Å²) in [4.78, 5) is 0. The van der Waals surface area contributed by atoms with E-state index in [2.05, 4.69) is 21.2 Å². The molecule has 19 heavy (non-hydrogen) atoms. The van der Waals surface area contributed by atoms with E-state index in [4.69, 9.17) is 16.3 Å². The van der Waals surface area contributed by atoms with Crippen LogP contribution >= 0.6 is 27.5 Å². The van der Waals surface area contributed by atoms with Crippen LogP contribution in [0.3, 0.4) is 0 Å². The minimum atomic E-state index is 0.158. The number of benzene rings is 2. The molecule has 0 saturated carbocycles. The molecule has 0 amide bonds. The zero-order valence-corrected chi connectivity index (χ0v) is 12.6. The van der Waals surface area contributed by atoms with Gasteiger partial charge in [-0.05, 0) is 40.2 Å². The normalized spacial score (nSPS) is 10.3. The van der Waals surface area contributed by atoms with Gasteiger partial charge < -0.3 is 15.2 Å². The lowest BCUT2D eigenvalue weighted by molar-refractivity contribution is 0.371. The van der Waals surface area contributed by atoms with Crippen molar-refractivity contribution < 1.29 is 9.84 Å². The number of hydrogen-bond donors (Lipinski definition) is 2. The summed E-state index contributed by atoms with van der Waals surface area (Å²) >= 11 is 9.30. The molecule has 2 aromatic carbocycles. The number of aromatic hydroxyl groups is 1. The second-order valence-corrected chi connectivity index (χ2v) is 5.21. The number of ether oxygens (including phenoxy) is 1. The molecule has 3 nitrogen and oxygen atoms in total. The Morgan fingerprint density at radius 1 is 1.32 bits per heavy atom. The fourth-order valence-corrected chi connectivity index (χ4v) is 2.17.